The summed E-state index contributed by atoms with van der Waals surface area (Å²) in [5.41, 5.74) is 4.74. The van der Waals surface area contributed by atoms with Crippen molar-refractivity contribution in [1.82, 2.24) is 0 Å². The number of allylic oxidation sites excluding steroid dienone is 2. The quantitative estimate of drug-likeness (QED) is 0.273. The predicted molar refractivity (Wildman–Crippen MR) is 151 cm³/mol. The van der Waals surface area contributed by atoms with Crippen LogP contribution < -0.4 is 0 Å². The number of hydrogen-bond donors (Lipinski definition) is 0. The van der Waals surface area contributed by atoms with Gasteiger partial charge >= 0.3 is 11.9 Å². The lowest BCUT2D eigenvalue weighted by molar-refractivity contribution is -0.175. The fourth-order valence-corrected chi connectivity index (χ4v) is 11.2. The number of esters is 2. The molecular formula is C34H54O4. The van der Waals surface area contributed by atoms with Gasteiger partial charge in [-0.15, -0.1) is 0 Å². The van der Waals surface area contributed by atoms with Crippen LogP contribution in [0.4, 0.5) is 0 Å². The summed E-state index contributed by atoms with van der Waals surface area (Å²) in [6.45, 7) is 21.2. The lowest BCUT2D eigenvalue weighted by Gasteiger charge is -2.69. The van der Waals surface area contributed by atoms with Gasteiger partial charge in [0, 0.05) is 24.7 Å². The Morgan fingerprint density at radius 2 is 1.45 bits per heavy atom. The first-order chi connectivity index (χ1) is 17.5. The molecule has 8 atom stereocenters. The number of ether oxygens (including phenoxy) is 2. The molecule has 0 heterocycles. The summed E-state index contributed by atoms with van der Waals surface area (Å²) >= 11 is 0. The van der Waals surface area contributed by atoms with Crippen LogP contribution >= 0.6 is 0 Å². The van der Waals surface area contributed by atoms with Crippen LogP contribution in [0.3, 0.4) is 0 Å². The maximum atomic E-state index is 11.9. The fraction of sp³-hybridized carbons (Fsp3) is 0.882. The molecule has 214 valence electrons. The molecular weight excluding hydrogens is 472 g/mol. The summed E-state index contributed by atoms with van der Waals surface area (Å²) < 4.78 is 11.5. The van der Waals surface area contributed by atoms with Gasteiger partial charge in [0.2, 0.25) is 0 Å². The second-order valence-corrected chi connectivity index (χ2v) is 16.2. The van der Waals surface area contributed by atoms with Crippen LogP contribution in [0.15, 0.2) is 11.1 Å². The van der Waals surface area contributed by atoms with Crippen molar-refractivity contribution < 1.29 is 19.1 Å². The Bertz CT molecular complexity index is 1040. The van der Waals surface area contributed by atoms with Crippen molar-refractivity contribution in [3.05, 3.63) is 11.1 Å². The lowest BCUT2D eigenvalue weighted by atomic mass is 9.35. The van der Waals surface area contributed by atoms with E-state index in [4.69, 9.17) is 9.47 Å². The molecule has 0 aromatic rings. The summed E-state index contributed by atoms with van der Waals surface area (Å²) in [6, 6.07) is 0. The van der Waals surface area contributed by atoms with Crippen LogP contribution in [0.25, 0.3) is 0 Å². The number of hydrogen-bond acceptors (Lipinski definition) is 4. The van der Waals surface area contributed by atoms with Crippen LogP contribution in [0.2, 0.25) is 0 Å². The second-order valence-electron chi connectivity index (χ2n) is 16.2. The highest BCUT2D eigenvalue weighted by molar-refractivity contribution is 5.66. The molecule has 0 aromatic carbocycles. The van der Waals surface area contributed by atoms with Crippen LogP contribution in [0, 0.1) is 44.3 Å². The summed E-state index contributed by atoms with van der Waals surface area (Å²) in [6.07, 6.45) is 13.2. The molecule has 3 fully saturated rings. The molecule has 0 aromatic heterocycles. The molecule has 0 saturated heterocycles. The highest BCUT2D eigenvalue weighted by Crippen LogP contribution is 2.75. The van der Waals surface area contributed by atoms with Crippen LogP contribution in [0.1, 0.15) is 133 Å². The van der Waals surface area contributed by atoms with Gasteiger partial charge in [-0.25, -0.2) is 0 Å². The molecule has 0 unspecified atom stereocenters. The van der Waals surface area contributed by atoms with Gasteiger partial charge in [0.15, 0.2) is 0 Å². The normalized spacial score (nSPS) is 47.7. The topological polar surface area (TPSA) is 52.6 Å². The molecule has 0 aliphatic heterocycles. The Kier molecular flexibility index (Phi) is 6.56. The average Bonchev–Trinajstić information content (AvgIpc) is 2.82. The van der Waals surface area contributed by atoms with Crippen molar-refractivity contribution in [2.75, 3.05) is 6.61 Å². The molecule has 4 heteroatoms. The third-order valence-corrected chi connectivity index (χ3v) is 13.7. The van der Waals surface area contributed by atoms with E-state index >= 15 is 0 Å². The minimum absolute atomic E-state index is 0.00805. The number of rotatable bonds is 3. The summed E-state index contributed by atoms with van der Waals surface area (Å²) in [5.74, 6) is 0.916. The third-order valence-electron chi connectivity index (χ3n) is 13.7. The van der Waals surface area contributed by atoms with E-state index in [-0.39, 0.29) is 45.1 Å². The number of fused-ring (bicyclic) bond motifs is 6. The molecule has 38 heavy (non-hydrogen) atoms. The highest BCUT2D eigenvalue weighted by atomic mass is 16.5. The van der Waals surface area contributed by atoms with E-state index in [0.29, 0.717) is 23.9 Å². The number of carbonyl (C=O) groups excluding carboxylic acids is 2. The first kappa shape index (κ1) is 28.2. The average molecular weight is 527 g/mol. The maximum Gasteiger partial charge on any atom is 0.302 e. The van der Waals surface area contributed by atoms with Crippen LogP contribution in [-0.4, -0.2) is 24.6 Å². The molecule has 5 rings (SSSR count). The van der Waals surface area contributed by atoms with Crippen LogP contribution in [0.5, 0.6) is 0 Å². The van der Waals surface area contributed by atoms with E-state index in [1.165, 1.54) is 51.4 Å². The van der Waals surface area contributed by atoms with Gasteiger partial charge < -0.3 is 9.47 Å². The fourth-order valence-electron chi connectivity index (χ4n) is 11.2. The van der Waals surface area contributed by atoms with E-state index in [0.717, 1.165) is 19.3 Å². The Morgan fingerprint density at radius 1 is 0.763 bits per heavy atom. The molecule has 0 bridgehead atoms. The maximum absolute atomic E-state index is 11.9. The molecule has 0 amide bonds. The summed E-state index contributed by atoms with van der Waals surface area (Å²) in [7, 11) is 0. The molecule has 0 N–H and O–H groups in total. The van der Waals surface area contributed by atoms with Crippen molar-refractivity contribution in [2.24, 2.45) is 44.3 Å². The molecule has 4 nitrogen and oxygen atoms in total. The smallest absolute Gasteiger partial charge is 0.302 e. The van der Waals surface area contributed by atoms with E-state index in [1.807, 2.05) is 0 Å². The van der Waals surface area contributed by atoms with Gasteiger partial charge in [0.05, 0.1) is 6.61 Å². The largest absolute Gasteiger partial charge is 0.465 e. The Balaban J connectivity index is 1.50. The summed E-state index contributed by atoms with van der Waals surface area (Å²) in [5, 5.41) is 0. The molecule has 0 radical (unpaired) electrons. The predicted octanol–water partition coefficient (Wildman–Crippen LogP) is 8.43. The first-order valence-electron chi connectivity index (χ1n) is 15.5. The Hall–Kier alpha value is -1.32. The van der Waals surface area contributed by atoms with Crippen molar-refractivity contribution in [3.8, 4) is 0 Å². The van der Waals surface area contributed by atoms with E-state index in [1.54, 1.807) is 25.0 Å². The Labute approximate surface area is 232 Å². The molecule has 3 saturated carbocycles. The van der Waals surface area contributed by atoms with Crippen molar-refractivity contribution >= 4 is 11.9 Å². The summed E-state index contributed by atoms with van der Waals surface area (Å²) in [4.78, 5) is 23.6. The zero-order chi connectivity index (χ0) is 27.9. The van der Waals surface area contributed by atoms with Gasteiger partial charge in [0.1, 0.15) is 6.10 Å². The lowest BCUT2D eigenvalue weighted by Crippen LogP contribution is -2.61. The minimum atomic E-state index is -0.150. The van der Waals surface area contributed by atoms with Gasteiger partial charge in [-0.3, -0.25) is 9.59 Å². The highest BCUT2D eigenvalue weighted by Gasteiger charge is 2.66. The molecule has 5 aliphatic rings. The minimum Gasteiger partial charge on any atom is -0.465 e. The van der Waals surface area contributed by atoms with Crippen LogP contribution in [-0.2, 0) is 19.1 Å². The SMILES string of the molecule is CC(=O)OC[C@]1(C)CC[C@]2(C)CC[C@]3(C)C4=C(CC[C@@]3(C)[C@@H]2C1)[C@@]1(C)CC[C@@H](OC(C)=O)C(C)(C)[C@H]1CC4. The Morgan fingerprint density at radius 3 is 2.11 bits per heavy atom. The van der Waals surface area contributed by atoms with Crippen molar-refractivity contribution in [2.45, 2.75) is 139 Å². The van der Waals surface area contributed by atoms with Gasteiger partial charge in [0.25, 0.3) is 0 Å². The zero-order valence-corrected chi connectivity index (χ0v) is 25.9. The molecule has 0 spiro atoms. The third kappa shape index (κ3) is 3.96. The number of carbonyl (C=O) groups is 2. The van der Waals surface area contributed by atoms with Crippen molar-refractivity contribution in [3.63, 3.8) is 0 Å². The molecule has 5 aliphatic carbocycles. The van der Waals surface area contributed by atoms with Gasteiger partial charge in [-0.2, -0.15) is 0 Å². The van der Waals surface area contributed by atoms with Crippen molar-refractivity contribution in [1.29, 1.82) is 0 Å². The first-order valence-corrected chi connectivity index (χ1v) is 15.5. The standard InChI is InChI=1S/C34H54O4/c1-22(35)37-21-30(5)16-17-31(6)18-19-33(8)25-10-11-26-29(3,4)28(38-23(2)36)13-14-32(26,7)24(25)12-15-34(33,9)27(31)20-30/h26-28H,10-21H2,1-9H3/t26-,27-,28-,30-,31-,32-,33-,34+/m1/s1. The zero-order valence-electron chi connectivity index (χ0n) is 25.9. The van der Waals surface area contributed by atoms with Gasteiger partial charge in [-0.05, 0) is 104 Å². The second kappa shape index (κ2) is 8.84. The van der Waals surface area contributed by atoms with Gasteiger partial charge in [-0.1, -0.05) is 59.6 Å². The van der Waals surface area contributed by atoms with E-state index in [9.17, 15) is 9.59 Å². The monoisotopic (exact) mass is 526 g/mol. The van der Waals surface area contributed by atoms with E-state index in [2.05, 4.69) is 48.5 Å². The van der Waals surface area contributed by atoms with E-state index < -0.39 is 0 Å².